The van der Waals surface area contributed by atoms with Gasteiger partial charge in [-0.15, -0.1) is 0 Å². The Morgan fingerprint density at radius 1 is 1.26 bits per heavy atom. The van der Waals surface area contributed by atoms with Gasteiger partial charge < -0.3 is 14.6 Å². The predicted octanol–water partition coefficient (Wildman–Crippen LogP) is 2.18. The third kappa shape index (κ3) is 4.17. The van der Waals surface area contributed by atoms with Crippen molar-refractivity contribution in [1.29, 1.82) is 0 Å². The minimum absolute atomic E-state index is 0.0270. The van der Waals surface area contributed by atoms with Gasteiger partial charge in [0.05, 0.1) is 6.61 Å². The zero-order chi connectivity index (χ0) is 14.4. The van der Waals surface area contributed by atoms with Crippen LogP contribution in [0.25, 0.3) is 0 Å². The van der Waals surface area contributed by atoms with Crippen LogP contribution in [0.3, 0.4) is 0 Å². The van der Waals surface area contributed by atoms with Gasteiger partial charge in [-0.3, -0.25) is 0 Å². The third-order valence-electron chi connectivity index (χ3n) is 2.42. The van der Waals surface area contributed by atoms with Gasteiger partial charge >= 0.3 is 5.97 Å². The number of carbonyl (C=O) groups is 1. The lowest BCUT2D eigenvalue weighted by Gasteiger charge is -2.15. The molecule has 0 radical (unpaired) electrons. The summed E-state index contributed by atoms with van der Waals surface area (Å²) in [5.74, 6) is -3.77. The normalized spacial score (nSPS) is 12.2. The fourth-order valence-corrected chi connectivity index (χ4v) is 1.60. The molecule has 0 bridgehead atoms. The van der Waals surface area contributed by atoms with Crippen LogP contribution in [0, 0.1) is 11.6 Å². The van der Waals surface area contributed by atoms with Gasteiger partial charge in [0.25, 0.3) is 0 Å². The first-order chi connectivity index (χ1) is 8.99. The minimum Gasteiger partial charge on any atom is -0.503 e. The first-order valence-corrected chi connectivity index (χ1v) is 5.94. The molecule has 0 amide bonds. The Hall–Kier alpha value is -1.69. The standard InChI is InChI=1S/C13H16F2O4/c1-3-18-11(13(17)19-4-2)7-8-5-9(14)12(16)10(15)6-8/h5-6,11,16H,3-4,7H2,1-2H3/t11-/m1/s1. The molecule has 106 valence electrons. The fourth-order valence-electron chi connectivity index (χ4n) is 1.60. The van der Waals surface area contributed by atoms with Crippen molar-refractivity contribution in [2.75, 3.05) is 13.2 Å². The van der Waals surface area contributed by atoms with Crippen LogP contribution >= 0.6 is 0 Å². The van der Waals surface area contributed by atoms with E-state index in [0.717, 1.165) is 12.1 Å². The van der Waals surface area contributed by atoms with E-state index in [2.05, 4.69) is 0 Å². The molecule has 1 rings (SSSR count). The number of ether oxygens (including phenoxy) is 2. The number of hydrogen-bond donors (Lipinski definition) is 1. The second kappa shape index (κ2) is 7.04. The fraction of sp³-hybridized carbons (Fsp3) is 0.462. The Kier molecular flexibility index (Phi) is 5.69. The third-order valence-corrected chi connectivity index (χ3v) is 2.42. The summed E-state index contributed by atoms with van der Waals surface area (Å²) in [5, 5.41) is 8.99. The molecule has 0 aliphatic carbocycles. The van der Waals surface area contributed by atoms with Crippen LogP contribution in [0.5, 0.6) is 5.75 Å². The summed E-state index contributed by atoms with van der Waals surface area (Å²) in [4.78, 5) is 11.6. The molecule has 1 atom stereocenters. The monoisotopic (exact) mass is 274 g/mol. The van der Waals surface area contributed by atoms with Crippen molar-refractivity contribution in [3.05, 3.63) is 29.3 Å². The molecule has 0 spiro atoms. The van der Waals surface area contributed by atoms with Gasteiger partial charge in [0.2, 0.25) is 0 Å². The van der Waals surface area contributed by atoms with Crippen molar-refractivity contribution >= 4 is 5.97 Å². The summed E-state index contributed by atoms with van der Waals surface area (Å²) in [6.45, 7) is 3.82. The molecule has 4 nitrogen and oxygen atoms in total. The van der Waals surface area contributed by atoms with E-state index in [1.807, 2.05) is 0 Å². The Morgan fingerprint density at radius 3 is 2.32 bits per heavy atom. The maximum Gasteiger partial charge on any atom is 0.335 e. The van der Waals surface area contributed by atoms with Gasteiger partial charge in [0.1, 0.15) is 0 Å². The van der Waals surface area contributed by atoms with Crippen LogP contribution in [-0.2, 0) is 20.7 Å². The number of halogens is 2. The van der Waals surface area contributed by atoms with Crippen molar-refractivity contribution in [1.82, 2.24) is 0 Å². The quantitative estimate of drug-likeness (QED) is 0.808. The second-order valence-electron chi connectivity index (χ2n) is 3.81. The molecule has 0 fully saturated rings. The van der Waals surface area contributed by atoms with Crippen LogP contribution in [0.15, 0.2) is 12.1 Å². The number of phenolic OH excluding ortho intramolecular Hbond substituents is 1. The molecule has 0 aliphatic heterocycles. The molecule has 0 saturated heterocycles. The smallest absolute Gasteiger partial charge is 0.335 e. The molecular weight excluding hydrogens is 258 g/mol. The number of hydrogen-bond acceptors (Lipinski definition) is 4. The van der Waals surface area contributed by atoms with Crippen LogP contribution < -0.4 is 0 Å². The van der Waals surface area contributed by atoms with Crippen LogP contribution in [-0.4, -0.2) is 30.4 Å². The summed E-state index contributed by atoms with van der Waals surface area (Å²) in [6, 6.07) is 1.92. The predicted molar refractivity (Wildman–Crippen MR) is 63.8 cm³/mol. The van der Waals surface area contributed by atoms with Gasteiger partial charge in [-0.05, 0) is 31.5 Å². The number of rotatable bonds is 6. The van der Waals surface area contributed by atoms with E-state index in [0.29, 0.717) is 0 Å². The van der Waals surface area contributed by atoms with Gasteiger partial charge in [0, 0.05) is 13.0 Å². The largest absolute Gasteiger partial charge is 0.503 e. The molecule has 1 aromatic carbocycles. The molecule has 0 aromatic heterocycles. The molecule has 1 aromatic rings. The van der Waals surface area contributed by atoms with E-state index < -0.39 is 29.5 Å². The second-order valence-corrected chi connectivity index (χ2v) is 3.81. The average Bonchev–Trinajstić information content (AvgIpc) is 2.35. The van der Waals surface area contributed by atoms with Crippen molar-refractivity contribution in [2.24, 2.45) is 0 Å². The Bertz CT molecular complexity index is 425. The Morgan fingerprint density at radius 2 is 1.84 bits per heavy atom. The van der Waals surface area contributed by atoms with Crippen molar-refractivity contribution in [3.8, 4) is 5.75 Å². The number of esters is 1. The summed E-state index contributed by atoms with van der Waals surface area (Å²) in [5.41, 5.74) is 0.208. The van der Waals surface area contributed by atoms with E-state index in [1.54, 1.807) is 13.8 Å². The van der Waals surface area contributed by atoms with Crippen LogP contribution in [0.4, 0.5) is 8.78 Å². The number of aromatic hydroxyl groups is 1. The highest BCUT2D eigenvalue weighted by Crippen LogP contribution is 2.22. The van der Waals surface area contributed by atoms with E-state index in [4.69, 9.17) is 14.6 Å². The lowest BCUT2D eigenvalue weighted by atomic mass is 10.1. The lowest BCUT2D eigenvalue weighted by Crippen LogP contribution is -2.29. The van der Waals surface area contributed by atoms with Crippen molar-refractivity contribution in [2.45, 2.75) is 26.4 Å². The molecule has 0 saturated carbocycles. The van der Waals surface area contributed by atoms with E-state index >= 15 is 0 Å². The summed E-state index contributed by atoms with van der Waals surface area (Å²) in [7, 11) is 0. The molecule has 19 heavy (non-hydrogen) atoms. The highest BCUT2D eigenvalue weighted by molar-refractivity contribution is 5.75. The highest BCUT2D eigenvalue weighted by Gasteiger charge is 2.22. The molecular formula is C13H16F2O4. The zero-order valence-electron chi connectivity index (χ0n) is 10.8. The maximum atomic E-state index is 13.2. The van der Waals surface area contributed by atoms with E-state index in [9.17, 15) is 13.6 Å². The highest BCUT2D eigenvalue weighted by atomic mass is 19.1. The molecule has 1 N–H and O–H groups in total. The van der Waals surface area contributed by atoms with Gasteiger partial charge in [-0.2, -0.15) is 0 Å². The first kappa shape index (κ1) is 15.4. The van der Waals surface area contributed by atoms with Crippen LogP contribution in [0.2, 0.25) is 0 Å². The Labute approximate surface area is 109 Å². The SMILES string of the molecule is CCOC(=O)[C@@H](Cc1cc(F)c(O)c(F)c1)OCC. The topological polar surface area (TPSA) is 55.8 Å². The lowest BCUT2D eigenvalue weighted by molar-refractivity contribution is -0.156. The molecule has 0 heterocycles. The minimum atomic E-state index is -1.07. The number of phenols is 1. The number of carbonyl (C=O) groups excluding carboxylic acids is 1. The first-order valence-electron chi connectivity index (χ1n) is 5.94. The maximum absolute atomic E-state index is 13.2. The summed E-state index contributed by atoms with van der Waals surface area (Å²) in [6.07, 6.45) is -0.950. The van der Waals surface area contributed by atoms with Crippen molar-refractivity contribution in [3.63, 3.8) is 0 Å². The zero-order valence-corrected chi connectivity index (χ0v) is 10.8. The van der Waals surface area contributed by atoms with Gasteiger partial charge in [-0.1, -0.05) is 0 Å². The average molecular weight is 274 g/mol. The summed E-state index contributed by atoms with van der Waals surface area (Å²) < 4.78 is 36.4. The van der Waals surface area contributed by atoms with Gasteiger partial charge in [0.15, 0.2) is 23.5 Å². The molecule has 0 unspecified atom stereocenters. The number of benzene rings is 1. The van der Waals surface area contributed by atoms with E-state index in [-0.39, 0.29) is 25.2 Å². The molecule has 6 heteroatoms. The van der Waals surface area contributed by atoms with Crippen LogP contribution in [0.1, 0.15) is 19.4 Å². The van der Waals surface area contributed by atoms with Crippen molar-refractivity contribution < 1.29 is 28.2 Å². The Balaban J connectivity index is 2.87. The summed E-state index contributed by atoms with van der Waals surface area (Å²) >= 11 is 0. The van der Waals surface area contributed by atoms with Gasteiger partial charge in [-0.25, -0.2) is 13.6 Å². The van der Waals surface area contributed by atoms with E-state index in [1.165, 1.54) is 0 Å². The molecule has 0 aliphatic rings.